The number of hydrogen-bond acceptors (Lipinski definition) is 6. The molecule has 0 saturated heterocycles. The fraction of sp³-hybridized carbons (Fsp3) is 0.273. The van der Waals surface area contributed by atoms with Crippen LogP contribution in [-0.4, -0.2) is 4.98 Å². The zero-order valence-electron chi connectivity index (χ0n) is 17.1. The highest BCUT2D eigenvalue weighted by Gasteiger charge is 2.18. The SMILES string of the molecule is CC(C)c1ccc(F)c2sc(N)c(C#N)c12.CC(C)c1ccc(F)c2sc(N)nc12. The fourth-order valence-electron chi connectivity index (χ4n) is 3.28. The van der Waals surface area contributed by atoms with Crippen molar-refractivity contribution in [3.63, 3.8) is 0 Å². The highest BCUT2D eigenvalue weighted by molar-refractivity contribution is 7.23. The third kappa shape index (κ3) is 3.95. The summed E-state index contributed by atoms with van der Waals surface area (Å²) in [7, 11) is 0. The molecule has 2 aromatic carbocycles. The third-order valence-electron chi connectivity index (χ3n) is 4.75. The monoisotopic (exact) mass is 444 g/mol. The van der Waals surface area contributed by atoms with Crippen molar-refractivity contribution >= 4 is 53.1 Å². The Hall–Kier alpha value is -2.76. The Kier molecular flexibility index (Phi) is 6.25. The highest BCUT2D eigenvalue weighted by atomic mass is 32.1. The number of nitrogens with zero attached hydrogens (tertiary/aromatic N) is 2. The summed E-state index contributed by atoms with van der Waals surface area (Å²) in [6, 6.07) is 8.49. The lowest BCUT2D eigenvalue weighted by Crippen LogP contribution is -1.91. The molecule has 0 spiro atoms. The predicted octanol–water partition coefficient (Wildman–Crippen LogP) is 6.76. The molecular weight excluding hydrogens is 422 g/mol. The molecule has 4 rings (SSSR count). The molecule has 0 radical (unpaired) electrons. The van der Waals surface area contributed by atoms with Gasteiger partial charge in [0, 0.05) is 5.39 Å². The van der Waals surface area contributed by atoms with Crippen LogP contribution in [0.25, 0.3) is 20.3 Å². The maximum absolute atomic E-state index is 13.6. The lowest BCUT2D eigenvalue weighted by molar-refractivity contribution is 0.640. The molecule has 0 aliphatic heterocycles. The molecule has 0 amide bonds. The molecule has 0 atom stereocenters. The standard InChI is InChI=1S/C12H11FN2S.C10H11FN2S/c1-6(2)7-3-4-9(13)11-10(7)8(5-14)12(15)16-11;1-5(2)6-3-4-7(11)9-8(6)13-10(12)14-9/h3-4,6H,15H2,1-2H3;3-5H,1-2H3,(H2,12,13). The number of fused-ring (bicyclic) bond motifs is 2. The first kappa shape index (κ1) is 21.9. The van der Waals surface area contributed by atoms with Gasteiger partial charge in [0.15, 0.2) is 5.13 Å². The number of nitriles is 1. The van der Waals surface area contributed by atoms with Gasteiger partial charge in [-0.1, -0.05) is 51.2 Å². The lowest BCUT2D eigenvalue weighted by Gasteiger charge is -2.07. The van der Waals surface area contributed by atoms with E-state index in [1.165, 1.54) is 23.5 Å². The molecule has 0 unspecified atom stereocenters. The number of anilines is 2. The minimum absolute atomic E-state index is 0.237. The minimum atomic E-state index is -0.308. The molecule has 0 fully saturated rings. The summed E-state index contributed by atoms with van der Waals surface area (Å²) in [5.41, 5.74) is 14.4. The average Bonchev–Trinajstić information content (AvgIpc) is 3.22. The fourth-order valence-corrected chi connectivity index (χ4v) is 5.01. The first-order valence-electron chi connectivity index (χ1n) is 9.40. The van der Waals surface area contributed by atoms with Crippen molar-refractivity contribution in [1.82, 2.24) is 4.98 Å². The van der Waals surface area contributed by atoms with Gasteiger partial charge in [-0.3, -0.25) is 0 Å². The molecule has 156 valence electrons. The van der Waals surface area contributed by atoms with Gasteiger partial charge in [-0.15, -0.1) is 11.3 Å². The van der Waals surface area contributed by atoms with E-state index in [2.05, 4.69) is 24.9 Å². The van der Waals surface area contributed by atoms with Gasteiger partial charge in [0.25, 0.3) is 0 Å². The van der Waals surface area contributed by atoms with E-state index in [4.69, 9.17) is 16.7 Å². The number of thiazole rings is 1. The van der Waals surface area contributed by atoms with Crippen molar-refractivity contribution in [2.75, 3.05) is 11.5 Å². The number of nitrogens with two attached hydrogens (primary N) is 2. The van der Waals surface area contributed by atoms with E-state index < -0.39 is 0 Å². The molecule has 8 heteroatoms. The van der Waals surface area contributed by atoms with Crippen LogP contribution in [0.1, 0.15) is 56.2 Å². The van der Waals surface area contributed by atoms with Gasteiger partial charge in [0.05, 0.1) is 20.5 Å². The first-order chi connectivity index (χ1) is 14.1. The summed E-state index contributed by atoms with van der Waals surface area (Å²) in [5.74, 6) is 0.0278. The van der Waals surface area contributed by atoms with Crippen molar-refractivity contribution in [1.29, 1.82) is 5.26 Å². The summed E-state index contributed by atoms with van der Waals surface area (Å²) in [6.45, 7) is 8.15. The number of aromatic nitrogens is 1. The molecule has 4 N–H and O–H groups in total. The van der Waals surface area contributed by atoms with E-state index in [0.29, 0.717) is 41.9 Å². The summed E-state index contributed by atoms with van der Waals surface area (Å²) in [4.78, 5) is 4.15. The van der Waals surface area contributed by atoms with Crippen molar-refractivity contribution < 1.29 is 8.78 Å². The molecular formula is C22H22F2N4S2. The Bertz CT molecular complexity index is 1270. The van der Waals surface area contributed by atoms with E-state index in [1.807, 2.05) is 13.8 Å². The number of hydrogen-bond donors (Lipinski definition) is 2. The number of rotatable bonds is 2. The minimum Gasteiger partial charge on any atom is -0.389 e. The van der Waals surface area contributed by atoms with Crippen molar-refractivity contribution in [2.45, 2.75) is 39.5 Å². The highest BCUT2D eigenvalue weighted by Crippen LogP contribution is 2.39. The third-order valence-corrected chi connectivity index (χ3v) is 6.67. The van der Waals surface area contributed by atoms with Crippen molar-refractivity contribution in [3.8, 4) is 6.07 Å². The lowest BCUT2D eigenvalue weighted by atomic mass is 9.97. The second kappa shape index (κ2) is 8.54. The van der Waals surface area contributed by atoms with E-state index in [9.17, 15) is 8.78 Å². The number of benzene rings is 2. The van der Waals surface area contributed by atoms with Crippen LogP contribution >= 0.6 is 22.7 Å². The summed E-state index contributed by atoms with van der Waals surface area (Å²) in [6.07, 6.45) is 0. The topological polar surface area (TPSA) is 88.7 Å². The quantitative estimate of drug-likeness (QED) is 0.357. The second-order valence-electron chi connectivity index (χ2n) is 7.47. The van der Waals surface area contributed by atoms with E-state index in [1.54, 1.807) is 12.1 Å². The molecule has 0 aliphatic rings. The summed E-state index contributed by atoms with van der Waals surface area (Å²) in [5, 5.41) is 10.6. The van der Waals surface area contributed by atoms with Crippen LogP contribution in [0.2, 0.25) is 0 Å². The van der Waals surface area contributed by atoms with Gasteiger partial charge >= 0.3 is 0 Å². The molecule has 4 aromatic rings. The molecule has 0 aliphatic carbocycles. The average molecular weight is 445 g/mol. The van der Waals surface area contributed by atoms with Gasteiger partial charge in [-0.25, -0.2) is 13.8 Å². The van der Waals surface area contributed by atoms with Crippen LogP contribution in [-0.2, 0) is 0 Å². The normalized spacial score (nSPS) is 11.2. The van der Waals surface area contributed by atoms with Crippen LogP contribution in [0, 0.1) is 23.0 Å². The molecule has 0 saturated carbocycles. The second-order valence-corrected chi connectivity index (χ2v) is 9.55. The first-order valence-corrected chi connectivity index (χ1v) is 11.0. The van der Waals surface area contributed by atoms with Crippen LogP contribution in [0.4, 0.5) is 18.9 Å². The largest absolute Gasteiger partial charge is 0.389 e. The zero-order valence-corrected chi connectivity index (χ0v) is 18.7. The number of nitrogen functional groups attached to an aromatic ring is 2. The van der Waals surface area contributed by atoms with Crippen LogP contribution in [0.5, 0.6) is 0 Å². The molecule has 0 bridgehead atoms. The van der Waals surface area contributed by atoms with Gasteiger partial charge in [0.2, 0.25) is 0 Å². The Morgan fingerprint density at radius 1 is 0.900 bits per heavy atom. The number of thiophene rings is 1. The predicted molar refractivity (Wildman–Crippen MR) is 123 cm³/mol. The Balaban J connectivity index is 0.000000172. The van der Waals surface area contributed by atoms with Crippen molar-refractivity contribution in [2.24, 2.45) is 0 Å². The van der Waals surface area contributed by atoms with Crippen molar-refractivity contribution in [3.05, 3.63) is 52.6 Å². The Labute approximate surface area is 181 Å². The van der Waals surface area contributed by atoms with Gasteiger partial charge < -0.3 is 11.5 Å². The Morgan fingerprint density at radius 3 is 2.03 bits per heavy atom. The smallest absolute Gasteiger partial charge is 0.181 e. The van der Waals surface area contributed by atoms with E-state index >= 15 is 0 Å². The Morgan fingerprint density at radius 2 is 1.47 bits per heavy atom. The van der Waals surface area contributed by atoms with E-state index in [0.717, 1.165) is 22.5 Å². The maximum atomic E-state index is 13.6. The molecule has 2 heterocycles. The maximum Gasteiger partial charge on any atom is 0.181 e. The van der Waals surface area contributed by atoms with Crippen LogP contribution in [0.15, 0.2) is 24.3 Å². The van der Waals surface area contributed by atoms with Crippen LogP contribution < -0.4 is 11.5 Å². The zero-order chi connectivity index (χ0) is 22.2. The summed E-state index contributed by atoms with van der Waals surface area (Å²) < 4.78 is 28.0. The molecule has 30 heavy (non-hydrogen) atoms. The van der Waals surface area contributed by atoms with Gasteiger partial charge in [-0.2, -0.15) is 5.26 Å². The van der Waals surface area contributed by atoms with E-state index in [-0.39, 0.29) is 17.6 Å². The number of halogens is 2. The van der Waals surface area contributed by atoms with Crippen LogP contribution in [0.3, 0.4) is 0 Å². The summed E-state index contributed by atoms with van der Waals surface area (Å²) >= 11 is 2.34. The van der Waals surface area contributed by atoms with Gasteiger partial charge in [0.1, 0.15) is 22.7 Å². The molecule has 2 aromatic heterocycles. The molecule has 4 nitrogen and oxygen atoms in total. The van der Waals surface area contributed by atoms with Gasteiger partial charge in [-0.05, 0) is 35.1 Å².